The number of anilines is 2. The standard InChI is InChI=1S/C8H14N4O2.2ClH/c1-3-13-6-5(9)7(14-4-2)12-8(10)11-6;;/h3-4,9H2,1-2H3,(H2,10,11,12);2*1H. The van der Waals surface area contributed by atoms with E-state index in [1.165, 1.54) is 0 Å². The van der Waals surface area contributed by atoms with E-state index < -0.39 is 0 Å². The summed E-state index contributed by atoms with van der Waals surface area (Å²) >= 11 is 0. The Hall–Kier alpha value is -1.14. The van der Waals surface area contributed by atoms with Crippen molar-refractivity contribution in [3.63, 3.8) is 0 Å². The number of nitrogen functional groups attached to an aromatic ring is 2. The molecule has 1 rings (SSSR count). The summed E-state index contributed by atoms with van der Waals surface area (Å²) in [5.74, 6) is 0.623. The van der Waals surface area contributed by atoms with Gasteiger partial charge in [-0.15, -0.1) is 24.8 Å². The minimum atomic E-state index is 0. The first-order chi connectivity index (χ1) is 6.69. The van der Waals surface area contributed by atoms with Crippen LogP contribution in [0, 0.1) is 0 Å². The molecule has 1 heterocycles. The van der Waals surface area contributed by atoms with E-state index >= 15 is 0 Å². The largest absolute Gasteiger partial charge is 0.476 e. The smallest absolute Gasteiger partial charge is 0.246 e. The average molecular weight is 271 g/mol. The van der Waals surface area contributed by atoms with E-state index in [-0.39, 0.29) is 48.2 Å². The minimum Gasteiger partial charge on any atom is -0.476 e. The van der Waals surface area contributed by atoms with Gasteiger partial charge in [0.25, 0.3) is 0 Å². The number of rotatable bonds is 4. The van der Waals surface area contributed by atoms with E-state index in [1.54, 1.807) is 0 Å². The highest BCUT2D eigenvalue weighted by Crippen LogP contribution is 2.28. The van der Waals surface area contributed by atoms with Crippen LogP contribution in [-0.2, 0) is 0 Å². The predicted molar refractivity (Wildman–Crippen MR) is 67.7 cm³/mol. The summed E-state index contributed by atoms with van der Waals surface area (Å²) < 4.78 is 10.3. The van der Waals surface area contributed by atoms with Gasteiger partial charge in [0, 0.05) is 0 Å². The Kier molecular flexibility index (Phi) is 8.70. The molecular weight excluding hydrogens is 255 g/mol. The Morgan fingerprint density at radius 2 is 1.31 bits per heavy atom. The third-order valence-electron chi connectivity index (χ3n) is 1.46. The van der Waals surface area contributed by atoms with Crippen molar-refractivity contribution in [2.45, 2.75) is 13.8 Å². The van der Waals surface area contributed by atoms with Gasteiger partial charge in [-0.2, -0.15) is 9.97 Å². The number of nitrogens with two attached hydrogens (primary N) is 2. The molecule has 0 saturated heterocycles. The molecule has 0 spiro atoms. The summed E-state index contributed by atoms with van der Waals surface area (Å²) in [6, 6.07) is 0. The summed E-state index contributed by atoms with van der Waals surface area (Å²) in [5.41, 5.74) is 11.4. The molecule has 0 amide bonds. The van der Waals surface area contributed by atoms with Gasteiger partial charge >= 0.3 is 0 Å². The molecule has 1 aromatic rings. The summed E-state index contributed by atoms with van der Waals surface area (Å²) in [7, 11) is 0. The van der Waals surface area contributed by atoms with Gasteiger partial charge in [-0.05, 0) is 13.8 Å². The first kappa shape index (κ1) is 17.3. The molecule has 8 heteroatoms. The third kappa shape index (κ3) is 4.16. The average Bonchev–Trinajstić information content (AvgIpc) is 2.14. The normalized spacial score (nSPS) is 8.62. The van der Waals surface area contributed by atoms with E-state index in [2.05, 4.69) is 9.97 Å². The van der Waals surface area contributed by atoms with Gasteiger partial charge in [-0.3, -0.25) is 0 Å². The number of nitrogens with zero attached hydrogens (tertiary/aromatic N) is 2. The maximum absolute atomic E-state index is 5.69. The monoisotopic (exact) mass is 270 g/mol. The van der Waals surface area contributed by atoms with Crippen LogP contribution in [0.1, 0.15) is 13.8 Å². The molecule has 1 aromatic heterocycles. The quantitative estimate of drug-likeness (QED) is 0.856. The van der Waals surface area contributed by atoms with Gasteiger partial charge in [-0.1, -0.05) is 0 Å². The van der Waals surface area contributed by atoms with Gasteiger partial charge in [0.1, 0.15) is 0 Å². The van der Waals surface area contributed by atoms with Crippen LogP contribution in [-0.4, -0.2) is 23.2 Å². The maximum atomic E-state index is 5.69. The summed E-state index contributed by atoms with van der Waals surface area (Å²) in [6.07, 6.45) is 0. The van der Waals surface area contributed by atoms with Gasteiger partial charge in [-0.25, -0.2) is 0 Å². The van der Waals surface area contributed by atoms with Crippen LogP contribution in [0.4, 0.5) is 11.6 Å². The van der Waals surface area contributed by atoms with Crippen molar-refractivity contribution in [2.75, 3.05) is 24.7 Å². The number of hydrogen-bond donors (Lipinski definition) is 2. The fourth-order valence-electron chi connectivity index (χ4n) is 0.938. The molecule has 0 atom stereocenters. The van der Waals surface area contributed by atoms with E-state index in [0.717, 1.165) is 0 Å². The molecule has 0 aliphatic rings. The Balaban J connectivity index is 0. The molecule has 6 nitrogen and oxygen atoms in total. The molecule has 0 bridgehead atoms. The van der Waals surface area contributed by atoms with E-state index in [0.29, 0.717) is 13.2 Å². The van der Waals surface area contributed by atoms with Crippen LogP contribution in [0.15, 0.2) is 0 Å². The molecule has 0 aromatic carbocycles. The lowest BCUT2D eigenvalue weighted by Gasteiger charge is -2.10. The number of ether oxygens (including phenoxy) is 2. The van der Waals surface area contributed by atoms with Gasteiger partial charge in [0.15, 0.2) is 5.69 Å². The molecule has 0 fully saturated rings. The number of hydrogen-bond acceptors (Lipinski definition) is 6. The zero-order valence-corrected chi connectivity index (χ0v) is 10.7. The van der Waals surface area contributed by atoms with E-state index in [9.17, 15) is 0 Å². The highest BCUT2D eigenvalue weighted by molar-refractivity contribution is 5.85. The Bertz CT molecular complexity index is 298. The molecule has 0 saturated carbocycles. The topological polar surface area (TPSA) is 96.3 Å². The first-order valence-corrected chi connectivity index (χ1v) is 4.37. The Morgan fingerprint density at radius 3 is 1.62 bits per heavy atom. The van der Waals surface area contributed by atoms with E-state index in [4.69, 9.17) is 20.9 Å². The van der Waals surface area contributed by atoms with Crippen LogP contribution < -0.4 is 20.9 Å². The molecule has 0 aliphatic heterocycles. The molecule has 0 unspecified atom stereocenters. The lowest BCUT2D eigenvalue weighted by atomic mass is 10.5. The Morgan fingerprint density at radius 1 is 0.938 bits per heavy atom. The van der Waals surface area contributed by atoms with Crippen LogP contribution in [0.5, 0.6) is 11.8 Å². The van der Waals surface area contributed by atoms with Crippen molar-refractivity contribution in [2.24, 2.45) is 0 Å². The molecule has 4 N–H and O–H groups in total. The van der Waals surface area contributed by atoms with Crippen molar-refractivity contribution >= 4 is 36.4 Å². The lowest BCUT2D eigenvalue weighted by Crippen LogP contribution is -2.08. The molecule has 0 radical (unpaired) electrons. The maximum Gasteiger partial charge on any atom is 0.246 e. The fourth-order valence-corrected chi connectivity index (χ4v) is 0.938. The van der Waals surface area contributed by atoms with Gasteiger partial charge < -0.3 is 20.9 Å². The summed E-state index contributed by atoms with van der Waals surface area (Å²) in [6.45, 7) is 4.59. The van der Waals surface area contributed by atoms with Crippen molar-refractivity contribution in [1.82, 2.24) is 9.97 Å². The SMILES string of the molecule is CCOc1nc(N)nc(OCC)c1N.Cl.Cl. The zero-order chi connectivity index (χ0) is 10.6. The van der Waals surface area contributed by atoms with Crippen molar-refractivity contribution < 1.29 is 9.47 Å². The van der Waals surface area contributed by atoms with Gasteiger partial charge in [0.2, 0.25) is 17.7 Å². The molecule has 16 heavy (non-hydrogen) atoms. The zero-order valence-electron chi connectivity index (χ0n) is 9.10. The summed E-state index contributed by atoms with van der Waals surface area (Å²) in [5, 5.41) is 0. The second-order valence-electron chi connectivity index (χ2n) is 2.47. The lowest BCUT2D eigenvalue weighted by molar-refractivity contribution is 0.310. The summed E-state index contributed by atoms with van der Waals surface area (Å²) in [4.78, 5) is 7.69. The van der Waals surface area contributed by atoms with Crippen LogP contribution >= 0.6 is 24.8 Å². The predicted octanol–water partition coefficient (Wildman–Crippen LogP) is 1.28. The van der Waals surface area contributed by atoms with Crippen molar-refractivity contribution in [3.8, 4) is 11.8 Å². The van der Waals surface area contributed by atoms with E-state index in [1.807, 2.05) is 13.8 Å². The fraction of sp³-hybridized carbons (Fsp3) is 0.500. The van der Waals surface area contributed by atoms with Crippen LogP contribution in [0.3, 0.4) is 0 Å². The third-order valence-corrected chi connectivity index (χ3v) is 1.46. The van der Waals surface area contributed by atoms with Crippen LogP contribution in [0.2, 0.25) is 0 Å². The Labute approximate surface area is 107 Å². The molecule has 94 valence electrons. The molecular formula is C8H16Cl2N4O2. The minimum absolute atomic E-state index is 0. The highest BCUT2D eigenvalue weighted by Gasteiger charge is 2.11. The second-order valence-corrected chi connectivity index (χ2v) is 2.47. The van der Waals surface area contributed by atoms with Crippen molar-refractivity contribution in [3.05, 3.63) is 0 Å². The highest BCUT2D eigenvalue weighted by atomic mass is 35.5. The van der Waals surface area contributed by atoms with Crippen LogP contribution in [0.25, 0.3) is 0 Å². The second kappa shape index (κ2) is 8.06. The first-order valence-electron chi connectivity index (χ1n) is 4.37. The van der Waals surface area contributed by atoms with Gasteiger partial charge in [0.05, 0.1) is 13.2 Å². The number of aromatic nitrogens is 2. The van der Waals surface area contributed by atoms with Crippen molar-refractivity contribution in [1.29, 1.82) is 0 Å². The number of halogens is 2. The molecule has 0 aliphatic carbocycles.